The van der Waals surface area contributed by atoms with Crippen LogP contribution < -0.4 is 0 Å². The van der Waals surface area contributed by atoms with Crippen molar-refractivity contribution in [1.29, 1.82) is 0 Å². The number of rotatable bonds is 3. The zero-order valence-corrected chi connectivity index (χ0v) is 20.8. The van der Waals surface area contributed by atoms with Crippen molar-refractivity contribution in [3.8, 4) is 0 Å². The number of hydrogen-bond acceptors (Lipinski definition) is 0. The fraction of sp³-hybridized carbons (Fsp3) is 0.400. The van der Waals surface area contributed by atoms with Gasteiger partial charge in [-0.15, -0.1) is 0 Å². The van der Waals surface area contributed by atoms with Crippen molar-refractivity contribution in [3.05, 3.63) is 106 Å². The Kier molecular flexibility index (Phi) is 16.1. The van der Waals surface area contributed by atoms with Crippen LogP contribution in [-0.2, 0) is 0 Å². The van der Waals surface area contributed by atoms with Gasteiger partial charge < -0.3 is 0 Å². The first-order valence-corrected chi connectivity index (χ1v) is 11.4. The summed E-state index contributed by atoms with van der Waals surface area (Å²) in [4.78, 5) is 0. The summed E-state index contributed by atoms with van der Waals surface area (Å²) in [6.45, 7) is 17.2. The Labute approximate surface area is 187 Å². The Morgan fingerprint density at radius 1 is 0.367 bits per heavy atom. The summed E-state index contributed by atoms with van der Waals surface area (Å²) in [5.74, 6) is 0. The topological polar surface area (TPSA) is 0 Å². The van der Waals surface area contributed by atoms with E-state index >= 15 is 0 Å². The molecule has 0 fully saturated rings. The molecule has 3 aromatic rings. The molecule has 0 bridgehead atoms. The second-order valence-corrected chi connectivity index (χ2v) is 7.96. The van der Waals surface area contributed by atoms with Crippen LogP contribution >= 0.6 is 0 Å². The van der Waals surface area contributed by atoms with E-state index in [2.05, 4.69) is 128 Å². The van der Waals surface area contributed by atoms with Crippen LogP contribution in [0.1, 0.15) is 72.9 Å². The van der Waals surface area contributed by atoms with E-state index in [1.54, 1.807) is 0 Å². The highest BCUT2D eigenvalue weighted by Crippen LogP contribution is 2.04. The number of benzene rings is 3. The maximum absolute atomic E-state index is 2.23. The third-order valence-electron chi connectivity index (χ3n) is 5.23. The zero-order chi connectivity index (χ0) is 22.8. The first kappa shape index (κ1) is 27.7. The van der Waals surface area contributed by atoms with Crippen molar-refractivity contribution in [3.63, 3.8) is 0 Å². The van der Waals surface area contributed by atoms with Gasteiger partial charge in [0.25, 0.3) is 0 Å². The molecule has 0 aliphatic carbocycles. The molecule has 0 heterocycles. The lowest BCUT2D eigenvalue weighted by Crippen LogP contribution is -1.74. The lowest BCUT2D eigenvalue weighted by Gasteiger charge is -1.93. The molecule has 0 aromatic heterocycles. The highest BCUT2D eigenvalue weighted by Gasteiger charge is 1.85. The monoisotopic (exact) mass is 404 g/mol. The fourth-order valence-corrected chi connectivity index (χ4v) is 2.49. The average molecular weight is 405 g/mol. The van der Waals surface area contributed by atoms with Crippen molar-refractivity contribution >= 4 is 0 Å². The van der Waals surface area contributed by atoms with Gasteiger partial charge in [-0.3, -0.25) is 0 Å². The van der Waals surface area contributed by atoms with E-state index in [1.165, 1.54) is 59.1 Å². The van der Waals surface area contributed by atoms with Gasteiger partial charge >= 0.3 is 0 Å². The minimum absolute atomic E-state index is 1.36. The van der Waals surface area contributed by atoms with Crippen LogP contribution in [0, 0.1) is 41.5 Å². The molecule has 0 unspecified atom stereocenters. The fourth-order valence-electron chi connectivity index (χ4n) is 2.49. The molecule has 0 atom stereocenters. The molecule has 3 rings (SSSR count). The Bertz CT molecular complexity index is 628. The van der Waals surface area contributed by atoms with Crippen LogP contribution in [0.25, 0.3) is 0 Å². The predicted molar refractivity (Wildman–Crippen MR) is 138 cm³/mol. The number of hydrogen-bond donors (Lipinski definition) is 0. The van der Waals surface area contributed by atoms with Gasteiger partial charge in [0.05, 0.1) is 0 Å². The molecular weight excluding hydrogens is 360 g/mol. The molecule has 0 N–H and O–H groups in total. The minimum Gasteiger partial charge on any atom is -0.0654 e. The van der Waals surface area contributed by atoms with Crippen LogP contribution in [-0.4, -0.2) is 0 Å². The highest BCUT2D eigenvalue weighted by atomic mass is 13.9. The predicted octanol–water partition coefficient (Wildman–Crippen LogP) is 9.50. The molecule has 3 aromatic carbocycles. The van der Waals surface area contributed by atoms with Gasteiger partial charge in [-0.25, -0.2) is 0 Å². The normalized spacial score (nSPS) is 9.20. The molecule has 0 nitrogen and oxygen atoms in total. The Morgan fingerprint density at radius 3 is 0.633 bits per heavy atom. The second-order valence-electron chi connectivity index (χ2n) is 7.96. The van der Waals surface area contributed by atoms with E-state index in [4.69, 9.17) is 0 Å². The summed E-state index contributed by atoms with van der Waals surface area (Å²) in [5.41, 5.74) is 8.21. The zero-order valence-electron chi connectivity index (χ0n) is 20.8. The largest absolute Gasteiger partial charge is 0.0654 e. The third kappa shape index (κ3) is 13.8. The van der Waals surface area contributed by atoms with E-state index in [-0.39, 0.29) is 0 Å². The molecule has 0 saturated carbocycles. The van der Waals surface area contributed by atoms with E-state index in [0.29, 0.717) is 0 Å². The Morgan fingerprint density at radius 2 is 0.533 bits per heavy atom. The molecule has 0 spiro atoms. The van der Waals surface area contributed by atoms with Gasteiger partial charge in [0.15, 0.2) is 0 Å². The van der Waals surface area contributed by atoms with E-state index in [0.717, 1.165) is 0 Å². The summed E-state index contributed by atoms with van der Waals surface area (Å²) in [5, 5.41) is 0. The molecule has 0 radical (unpaired) electrons. The minimum atomic E-state index is 1.36. The molecule has 0 amide bonds. The standard InChI is InChI=1S/3C8H10.C6H14/c3*1-7-5-3-4-6-8(7)2;1-3-5-6-4-2/h3*3-6H,1-2H3;3-6H2,1-2H3. The van der Waals surface area contributed by atoms with Crippen LogP contribution in [0.2, 0.25) is 0 Å². The van der Waals surface area contributed by atoms with Gasteiger partial charge in [0, 0.05) is 0 Å². The summed E-state index contributed by atoms with van der Waals surface area (Å²) in [6.07, 6.45) is 5.54. The molecule has 0 saturated heterocycles. The second kappa shape index (κ2) is 17.5. The molecule has 30 heavy (non-hydrogen) atoms. The Hall–Kier alpha value is -2.34. The molecular formula is C30H44. The first-order valence-electron chi connectivity index (χ1n) is 11.4. The summed E-state index contributed by atoms with van der Waals surface area (Å²) in [7, 11) is 0. The number of unbranched alkanes of at least 4 members (excludes halogenated alkanes) is 3. The van der Waals surface area contributed by atoms with Gasteiger partial charge in [-0.2, -0.15) is 0 Å². The van der Waals surface area contributed by atoms with E-state index < -0.39 is 0 Å². The Balaban J connectivity index is 0.000000377. The summed E-state index contributed by atoms with van der Waals surface area (Å²) in [6, 6.07) is 25.1. The highest BCUT2D eigenvalue weighted by molar-refractivity contribution is 5.24. The smallest absolute Gasteiger partial charge is 0.0395 e. The van der Waals surface area contributed by atoms with Crippen molar-refractivity contribution in [2.75, 3.05) is 0 Å². The van der Waals surface area contributed by atoms with E-state index in [1.807, 2.05) is 0 Å². The van der Waals surface area contributed by atoms with Crippen molar-refractivity contribution in [2.45, 2.75) is 81.1 Å². The first-order chi connectivity index (χ1) is 14.3. The average Bonchev–Trinajstić information content (AvgIpc) is 2.74. The van der Waals surface area contributed by atoms with Crippen LogP contribution in [0.5, 0.6) is 0 Å². The van der Waals surface area contributed by atoms with Crippen LogP contribution in [0.15, 0.2) is 72.8 Å². The quantitative estimate of drug-likeness (QED) is 0.381. The lowest BCUT2D eigenvalue weighted by atomic mass is 10.1. The third-order valence-corrected chi connectivity index (χ3v) is 5.23. The van der Waals surface area contributed by atoms with Crippen LogP contribution in [0.4, 0.5) is 0 Å². The van der Waals surface area contributed by atoms with Crippen LogP contribution in [0.3, 0.4) is 0 Å². The van der Waals surface area contributed by atoms with Gasteiger partial charge in [-0.05, 0) is 74.9 Å². The van der Waals surface area contributed by atoms with Gasteiger partial charge in [0.2, 0.25) is 0 Å². The number of aryl methyl sites for hydroxylation is 6. The SMILES string of the molecule is CCCCCC.Cc1ccccc1C.Cc1ccccc1C.Cc1ccccc1C. The molecule has 0 aliphatic rings. The van der Waals surface area contributed by atoms with Crippen molar-refractivity contribution in [1.82, 2.24) is 0 Å². The van der Waals surface area contributed by atoms with Gasteiger partial charge in [0.1, 0.15) is 0 Å². The maximum Gasteiger partial charge on any atom is -0.0395 e. The lowest BCUT2D eigenvalue weighted by molar-refractivity contribution is 0.702. The maximum atomic E-state index is 2.23. The van der Waals surface area contributed by atoms with E-state index in [9.17, 15) is 0 Å². The summed E-state index contributed by atoms with van der Waals surface area (Å²) < 4.78 is 0. The van der Waals surface area contributed by atoms with Crippen molar-refractivity contribution < 1.29 is 0 Å². The van der Waals surface area contributed by atoms with Crippen molar-refractivity contribution in [2.24, 2.45) is 0 Å². The molecule has 164 valence electrons. The molecule has 0 aliphatic heterocycles. The van der Waals surface area contributed by atoms with Gasteiger partial charge in [-0.1, -0.05) is 112 Å². The molecule has 0 heteroatoms. The summed E-state index contributed by atoms with van der Waals surface area (Å²) >= 11 is 0.